The van der Waals surface area contributed by atoms with Crippen molar-refractivity contribution in [3.8, 4) is 0 Å². The standard InChI is InChI=1S/C10H11Cl2NO4S/c1-2-13(6-10(14)15)18(16,17)9-4-7(11)3-8(12)5-9/h3-5H,2,6H2,1H3,(H,14,15). The van der Waals surface area contributed by atoms with Gasteiger partial charge in [-0.25, -0.2) is 8.42 Å². The van der Waals surface area contributed by atoms with Crippen molar-refractivity contribution in [3.63, 3.8) is 0 Å². The molecular formula is C10H11Cl2NO4S. The Labute approximate surface area is 115 Å². The van der Waals surface area contributed by atoms with Gasteiger partial charge in [-0.3, -0.25) is 4.79 Å². The fourth-order valence-corrected chi connectivity index (χ4v) is 3.47. The van der Waals surface area contributed by atoms with Gasteiger partial charge in [-0.15, -0.1) is 0 Å². The van der Waals surface area contributed by atoms with Crippen molar-refractivity contribution < 1.29 is 18.3 Å². The number of nitrogens with zero attached hydrogens (tertiary/aromatic N) is 1. The zero-order valence-electron chi connectivity index (χ0n) is 9.43. The van der Waals surface area contributed by atoms with E-state index in [0.29, 0.717) is 0 Å². The lowest BCUT2D eigenvalue weighted by Crippen LogP contribution is -2.35. The number of hydrogen-bond acceptors (Lipinski definition) is 3. The largest absolute Gasteiger partial charge is 0.480 e. The van der Waals surface area contributed by atoms with Crippen molar-refractivity contribution in [2.75, 3.05) is 13.1 Å². The van der Waals surface area contributed by atoms with E-state index in [9.17, 15) is 13.2 Å². The Kier molecular flexibility index (Phi) is 4.98. The number of sulfonamides is 1. The van der Waals surface area contributed by atoms with Crippen LogP contribution < -0.4 is 0 Å². The molecule has 0 aliphatic heterocycles. The van der Waals surface area contributed by atoms with Crippen molar-refractivity contribution in [2.45, 2.75) is 11.8 Å². The average molecular weight is 312 g/mol. The molecule has 0 saturated carbocycles. The van der Waals surface area contributed by atoms with Crippen LogP contribution in [0.2, 0.25) is 10.0 Å². The quantitative estimate of drug-likeness (QED) is 0.903. The second kappa shape index (κ2) is 5.88. The van der Waals surface area contributed by atoms with Crippen LogP contribution in [0.25, 0.3) is 0 Å². The second-order valence-electron chi connectivity index (χ2n) is 3.43. The zero-order chi connectivity index (χ0) is 13.9. The Balaban J connectivity index is 3.22. The first-order valence-electron chi connectivity index (χ1n) is 4.95. The number of likely N-dealkylation sites (N-methyl/N-ethyl adjacent to an activating group) is 1. The number of carboxylic acid groups (broad SMARTS) is 1. The molecule has 0 amide bonds. The molecule has 1 rings (SSSR count). The van der Waals surface area contributed by atoms with Crippen LogP contribution in [0.1, 0.15) is 6.92 Å². The molecule has 0 unspecified atom stereocenters. The molecule has 0 aliphatic rings. The van der Waals surface area contributed by atoms with Crippen molar-refractivity contribution in [3.05, 3.63) is 28.2 Å². The normalized spacial score (nSPS) is 11.8. The molecule has 0 fully saturated rings. The first-order chi connectivity index (χ1) is 8.27. The maximum absolute atomic E-state index is 12.1. The van der Waals surface area contributed by atoms with Gasteiger partial charge in [-0.1, -0.05) is 30.1 Å². The molecule has 0 radical (unpaired) electrons. The fourth-order valence-electron chi connectivity index (χ4n) is 1.34. The molecular weight excluding hydrogens is 301 g/mol. The van der Waals surface area contributed by atoms with Crippen LogP contribution in [0.4, 0.5) is 0 Å². The minimum atomic E-state index is -3.91. The summed E-state index contributed by atoms with van der Waals surface area (Å²) in [6.07, 6.45) is 0. The van der Waals surface area contributed by atoms with Crippen LogP contribution in [0, 0.1) is 0 Å². The molecule has 0 bridgehead atoms. The third-order valence-corrected chi connectivity index (χ3v) is 4.47. The Hall–Kier alpha value is -0.820. The third-order valence-electron chi connectivity index (χ3n) is 2.14. The fraction of sp³-hybridized carbons (Fsp3) is 0.300. The summed E-state index contributed by atoms with van der Waals surface area (Å²) in [6, 6.07) is 3.86. The van der Waals surface area contributed by atoms with Gasteiger partial charge in [0.05, 0.1) is 4.90 Å². The highest BCUT2D eigenvalue weighted by Crippen LogP contribution is 2.24. The lowest BCUT2D eigenvalue weighted by atomic mass is 10.4. The highest BCUT2D eigenvalue weighted by atomic mass is 35.5. The topological polar surface area (TPSA) is 74.7 Å². The van der Waals surface area contributed by atoms with Crippen LogP contribution in [-0.4, -0.2) is 36.9 Å². The van der Waals surface area contributed by atoms with Crippen molar-refractivity contribution in [1.82, 2.24) is 4.31 Å². The van der Waals surface area contributed by atoms with E-state index in [0.717, 1.165) is 4.31 Å². The summed E-state index contributed by atoms with van der Waals surface area (Å²) in [5.41, 5.74) is 0. The van der Waals surface area contributed by atoms with E-state index in [1.54, 1.807) is 6.92 Å². The molecule has 0 spiro atoms. The van der Waals surface area contributed by atoms with Crippen molar-refractivity contribution in [2.24, 2.45) is 0 Å². The maximum Gasteiger partial charge on any atom is 0.318 e. The number of benzene rings is 1. The number of hydrogen-bond donors (Lipinski definition) is 1. The van der Waals surface area contributed by atoms with Crippen LogP contribution in [-0.2, 0) is 14.8 Å². The lowest BCUT2D eigenvalue weighted by Gasteiger charge is -2.18. The molecule has 1 aromatic rings. The summed E-state index contributed by atoms with van der Waals surface area (Å²) < 4.78 is 25.1. The predicted molar refractivity (Wildman–Crippen MR) is 68.5 cm³/mol. The van der Waals surface area contributed by atoms with Gasteiger partial charge in [0.25, 0.3) is 0 Å². The molecule has 0 aliphatic carbocycles. The summed E-state index contributed by atoms with van der Waals surface area (Å²) in [5.74, 6) is -1.23. The van der Waals surface area contributed by atoms with Gasteiger partial charge in [-0.05, 0) is 18.2 Å². The molecule has 18 heavy (non-hydrogen) atoms. The lowest BCUT2D eigenvalue weighted by molar-refractivity contribution is -0.137. The Morgan fingerprint density at radius 3 is 2.17 bits per heavy atom. The molecule has 100 valence electrons. The highest BCUT2D eigenvalue weighted by molar-refractivity contribution is 7.89. The average Bonchev–Trinajstić information content (AvgIpc) is 2.24. The molecule has 0 atom stereocenters. The molecule has 0 saturated heterocycles. The van der Waals surface area contributed by atoms with E-state index in [1.165, 1.54) is 18.2 Å². The molecule has 5 nitrogen and oxygen atoms in total. The molecule has 1 aromatic carbocycles. The summed E-state index contributed by atoms with van der Waals surface area (Å²) >= 11 is 11.5. The van der Waals surface area contributed by atoms with Gasteiger partial charge in [0.2, 0.25) is 10.0 Å². The van der Waals surface area contributed by atoms with E-state index >= 15 is 0 Å². The van der Waals surface area contributed by atoms with Gasteiger partial charge < -0.3 is 5.11 Å². The number of aliphatic carboxylic acids is 1. The Morgan fingerprint density at radius 1 is 1.28 bits per heavy atom. The summed E-state index contributed by atoms with van der Waals surface area (Å²) in [6.45, 7) is 0.981. The van der Waals surface area contributed by atoms with Gasteiger partial charge >= 0.3 is 5.97 Å². The van der Waals surface area contributed by atoms with E-state index in [2.05, 4.69) is 0 Å². The monoisotopic (exact) mass is 311 g/mol. The van der Waals surface area contributed by atoms with E-state index in [-0.39, 0.29) is 21.5 Å². The van der Waals surface area contributed by atoms with Gasteiger partial charge in [0, 0.05) is 16.6 Å². The third kappa shape index (κ3) is 3.58. The van der Waals surface area contributed by atoms with Gasteiger partial charge in [0.1, 0.15) is 6.54 Å². The Bertz CT molecular complexity index is 539. The second-order valence-corrected chi connectivity index (χ2v) is 6.24. The Morgan fingerprint density at radius 2 is 1.78 bits per heavy atom. The number of rotatable bonds is 5. The summed E-state index contributed by atoms with van der Waals surface area (Å²) in [5, 5.41) is 9.02. The maximum atomic E-state index is 12.1. The van der Waals surface area contributed by atoms with Crippen LogP contribution in [0.3, 0.4) is 0 Å². The molecule has 8 heteroatoms. The van der Waals surface area contributed by atoms with Crippen LogP contribution in [0.5, 0.6) is 0 Å². The first-order valence-corrected chi connectivity index (χ1v) is 7.15. The summed E-state index contributed by atoms with van der Waals surface area (Å²) in [4.78, 5) is 10.5. The number of carbonyl (C=O) groups is 1. The SMILES string of the molecule is CCN(CC(=O)O)S(=O)(=O)c1cc(Cl)cc(Cl)c1. The molecule has 1 N–H and O–H groups in total. The van der Waals surface area contributed by atoms with Gasteiger partial charge in [0.15, 0.2) is 0 Å². The minimum absolute atomic E-state index is 0.0404. The first kappa shape index (κ1) is 15.2. The molecule has 0 heterocycles. The van der Waals surface area contributed by atoms with Crippen molar-refractivity contribution in [1.29, 1.82) is 0 Å². The van der Waals surface area contributed by atoms with E-state index < -0.39 is 22.5 Å². The number of halogens is 2. The van der Waals surface area contributed by atoms with E-state index in [4.69, 9.17) is 28.3 Å². The smallest absolute Gasteiger partial charge is 0.318 e. The van der Waals surface area contributed by atoms with Crippen LogP contribution in [0.15, 0.2) is 23.1 Å². The predicted octanol–water partition coefficient (Wildman–Crippen LogP) is 2.09. The number of carboxylic acids is 1. The minimum Gasteiger partial charge on any atom is -0.480 e. The van der Waals surface area contributed by atoms with Gasteiger partial charge in [-0.2, -0.15) is 4.31 Å². The molecule has 0 aromatic heterocycles. The summed E-state index contributed by atoms with van der Waals surface area (Å²) in [7, 11) is -3.91. The zero-order valence-corrected chi connectivity index (χ0v) is 11.8. The highest BCUT2D eigenvalue weighted by Gasteiger charge is 2.25. The van der Waals surface area contributed by atoms with E-state index in [1.807, 2.05) is 0 Å². The van der Waals surface area contributed by atoms with Crippen LogP contribution >= 0.6 is 23.2 Å². The van der Waals surface area contributed by atoms with Crippen molar-refractivity contribution >= 4 is 39.2 Å².